The van der Waals surface area contributed by atoms with E-state index in [4.69, 9.17) is 4.42 Å². The van der Waals surface area contributed by atoms with Crippen LogP contribution in [0.15, 0.2) is 28.9 Å². The van der Waals surface area contributed by atoms with E-state index in [0.29, 0.717) is 11.8 Å². The van der Waals surface area contributed by atoms with Gasteiger partial charge in [-0.25, -0.2) is 0 Å². The SMILES string of the molecule is O=C(/C=C/c1ccco1)NCC[C@H]1CCCN1. The number of furan rings is 1. The summed E-state index contributed by atoms with van der Waals surface area (Å²) in [6.07, 6.45) is 8.23. The Morgan fingerprint density at radius 2 is 2.59 bits per heavy atom. The molecule has 1 atom stereocenters. The maximum absolute atomic E-state index is 11.5. The summed E-state index contributed by atoms with van der Waals surface area (Å²) in [6, 6.07) is 4.18. The highest BCUT2D eigenvalue weighted by molar-refractivity contribution is 5.91. The van der Waals surface area contributed by atoms with Crippen LogP contribution in [0, 0.1) is 0 Å². The molecule has 0 saturated carbocycles. The first-order chi connectivity index (χ1) is 8.34. The summed E-state index contributed by atoms with van der Waals surface area (Å²) in [7, 11) is 0. The van der Waals surface area contributed by atoms with Crippen LogP contribution >= 0.6 is 0 Å². The van der Waals surface area contributed by atoms with Crippen LogP contribution in [0.1, 0.15) is 25.0 Å². The van der Waals surface area contributed by atoms with E-state index in [2.05, 4.69) is 10.6 Å². The molecular formula is C13H18N2O2. The molecule has 1 aromatic heterocycles. The van der Waals surface area contributed by atoms with Crippen molar-refractivity contribution in [2.75, 3.05) is 13.1 Å². The average Bonchev–Trinajstić information content (AvgIpc) is 2.99. The van der Waals surface area contributed by atoms with Crippen molar-refractivity contribution in [2.24, 2.45) is 0 Å². The molecule has 4 nitrogen and oxygen atoms in total. The number of amides is 1. The average molecular weight is 234 g/mol. The van der Waals surface area contributed by atoms with Crippen LogP contribution in [0.2, 0.25) is 0 Å². The molecule has 0 radical (unpaired) electrons. The lowest BCUT2D eigenvalue weighted by atomic mass is 10.1. The van der Waals surface area contributed by atoms with Gasteiger partial charge in [0.15, 0.2) is 0 Å². The first-order valence-corrected chi connectivity index (χ1v) is 6.07. The normalized spacial score (nSPS) is 19.9. The Morgan fingerprint density at radius 1 is 1.65 bits per heavy atom. The molecule has 2 N–H and O–H groups in total. The Balaban J connectivity index is 1.63. The van der Waals surface area contributed by atoms with Crippen molar-refractivity contribution in [3.05, 3.63) is 30.2 Å². The summed E-state index contributed by atoms with van der Waals surface area (Å²) in [5, 5.41) is 6.26. The van der Waals surface area contributed by atoms with Gasteiger partial charge >= 0.3 is 0 Å². The standard InChI is InChI=1S/C13H18N2O2/c16-13(6-5-12-4-2-10-17-12)15-9-7-11-3-1-8-14-11/h2,4-6,10-11,14H,1,3,7-9H2,(H,15,16)/b6-5+/t11-/m1/s1. The number of rotatable bonds is 5. The molecule has 1 saturated heterocycles. The van der Waals surface area contributed by atoms with Crippen molar-refractivity contribution in [1.29, 1.82) is 0 Å². The second-order valence-corrected chi connectivity index (χ2v) is 4.22. The van der Waals surface area contributed by atoms with Crippen LogP contribution in [0.3, 0.4) is 0 Å². The second kappa shape index (κ2) is 6.25. The van der Waals surface area contributed by atoms with Gasteiger partial charge in [0.2, 0.25) is 5.91 Å². The van der Waals surface area contributed by atoms with Gasteiger partial charge in [-0.3, -0.25) is 4.79 Å². The molecule has 1 aliphatic heterocycles. The fourth-order valence-electron chi connectivity index (χ4n) is 1.98. The summed E-state index contributed by atoms with van der Waals surface area (Å²) in [5.41, 5.74) is 0. The highest BCUT2D eigenvalue weighted by Gasteiger charge is 2.12. The minimum absolute atomic E-state index is 0.0700. The molecule has 0 bridgehead atoms. The van der Waals surface area contributed by atoms with Crippen molar-refractivity contribution < 1.29 is 9.21 Å². The molecule has 2 rings (SSSR count). The maximum Gasteiger partial charge on any atom is 0.244 e. The summed E-state index contributed by atoms with van der Waals surface area (Å²) >= 11 is 0. The predicted octanol–water partition coefficient (Wildman–Crippen LogP) is 1.55. The van der Waals surface area contributed by atoms with Gasteiger partial charge in [0.25, 0.3) is 0 Å². The van der Waals surface area contributed by atoms with E-state index < -0.39 is 0 Å². The number of hydrogen-bond acceptors (Lipinski definition) is 3. The lowest BCUT2D eigenvalue weighted by molar-refractivity contribution is -0.116. The third-order valence-corrected chi connectivity index (χ3v) is 2.90. The Kier molecular flexibility index (Phi) is 4.38. The molecule has 0 aliphatic carbocycles. The zero-order valence-electron chi connectivity index (χ0n) is 9.82. The van der Waals surface area contributed by atoms with E-state index >= 15 is 0 Å². The van der Waals surface area contributed by atoms with E-state index in [1.807, 2.05) is 6.07 Å². The first-order valence-electron chi connectivity index (χ1n) is 6.07. The van der Waals surface area contributed by atoms with E-state index in [1.54, 1.807) is 18.4 Å². The van der Waals surface area contributed by atoms with Gasteiger partial charge in [-0.05, 0) is 44.0 Å². The highest BCUT2D eigenvalue weighted by atomic mass is 16.3. The third-order valence-electron chi connectivity index (χ3n) is 2.90. The van der Waals surface area contributed by atoms with Crippen molar-refractivity contribution in [1.82, 2.24) is 10.6 Å². The molecule has 1 aliphatic rings. The topological polar surface area (TPSA) is 54.3 Å². The fraction of sp³-hybridized carbons (Fsp3) is 0.462. The van der Waals surface area contributed by atoms with Crippen molar-refractivity contribution in [3.8, 4) is 0 Å². The predicted molar refractivity (Wildman–Crippen MR) is 66.4 cm³/mol. The Morgan fingerprint density at radius 3 is 3.29 bits per heavy atom. The van der Waals surface area contributed by atoms with E-state index in [-0.39, 0.29) is 5.91 Å². The molecule has 92 valence electrons. The second-order valence-electron chi connectivity index (χ2n) is 4.22. The van der Waals surface area contributed by atoms with Gasteiger partial charge < -0.3 is 15.1 Å². The van der Waals surface area contributed by atoms with E-state index in [0.717, 1.165) is 19.5 Å². The lowest BCUT2D eigenvalue weighted by Gasteiger charge is -2.09. The Labute approximate surface area is 101 Å². The molecule has 1 aromatic rings. The van der Waals surface area contributed by atoms with Gasteiger partial charge in [-0.1, -0.05) is 0 Å². The summed E-state index contributed by atoms with van der Waals surface area (Å²) in [4.78, 5) is 11.5. The van der Waals surface area contributed by atoms with Crippen LogP contribution < -0.4 is 10.6 Å². The lowest BCUT2D eigenvalue weighted by Crippen LogP contribution is -2.29. The molecule has 0 unspecified atom stereocenters. The fourth-order valence-corrected chi connectivity index (χ4v) is 1.98. The van der Waals surface area contributed by atoms with Crippen molar-refractivity contribution >= 4 is 12.0 Å². The molecule has 17 heavy (non-hydrogen) atoms. The zero-order chi connectivity index (χ0) is 11.9. The van der Waals surface area contributed by atoms with Gasteiger partial charge in [0, 0.05) is 18.7 Å². The van der Waals surface area contributed by atoms with Crippen LogP contribution in [-0.2, 0) is 4.79 Å². The highest BCUT2D eigenvalue weighted by Crippen LogP contribution is 2.07. The number of hydrogen-bond donors (Lipinski definition) is 2. The Hall–Kier alpha value is -1.55. The van der Waals surface area contributed by atoms with Crippen LogP contribution in [0.4, 0.5) is 0 Å². The molecule has 0 aromatic carbocycles. The van der Waals surface area contributed by atoms with Gasteiger partial charge in [-0.2, -0.15) is 0 Å². The monoisotopic (exact) mass is 234 g/mol. The minimum Gasteiger partial charge on any atom is -0.465 e. The van der Waals surface area contributed by atoms with Crippen molar-refractivity contribution in [3.63, 3.8) is 0 Å². The summed E-state index contributed by atoms with van der Waals surface area (Å²) in [6.45, 7) is 1.83. The number of carbonyl (C=O) groups excluding carboxylic acids is 1. The quantitative estimate of drug-likeness (QED) is 0.760. The molecule has 4 heteroatoms. The smallest absolute Gasteiger partial charge is 0.244 e. The van der Waals surface area contributed by atoms with Crippen LogP contribution in [-0.4, -0.2) is 25.0 Å². The van der Waals surface area contributed by atoms with E-state index in [9.17, 15) is 4.79 Å². The van der Waals surface area contributed by atoms with Gasteiger partial charge in [0.05, 0.1) is 6.26 Å². The molecule has 0 spiro atoms. The van der Waals surface area contributed by atoms with Crippen molar-refractivity contribution in [2.45, 2.75) is 25.3 Å². The van der Waals surface area contributed by atoms with Gasteiger partial charge in [0.1, 0.15) is 5.76 Å². The number of nitrogens with one attached hydrogen (secondary N) is 2. The third kappa shape index (κ3) is 4.07. The summed E-state index contributed by atoms with van der Waals surface area (Å²) < 4.78 is 5.09. The molecule has 1 fully saturated rings. The maximum atomic E-state index is 11.5. The minimum atomic E-state index is -0.0700. The molecule has 2 heterocycles. The first kappa shape index (κ1) is 11.9. The zero-order valence-corrected chi connectivity index (χ0v) is 9.82. The number of carbonyl (C=O) groups is 1. The largest absolute Gasteiger partial charge is 0.465 e. The molecular weight excluding hydrogens is 216 g/mol. The van der Waals surface area contributed by atoms with Crippen LogP contribution in [0.25, 0.3) is 6.08 Å². The molecule has 1 amide bonds. The summed E-state index contributed by atoms with van der Waals surface area (Å²) in [5.74, 6) is 0.622. The Bertz CT molecular complexity index is 365. The van der Waals surface area contributed by atoms with E-state index in [1.165, 1.54) is 18.9 Å². The van der Waals surface area contributed by atoms with Crippen LogP contribution in [0.5, 0.6) is 0 Å². The van der Waals surface area contributed by atoms with Gasteiger partial charge in [-0.15, -0.1) is 0 Å².